The topological polar surface area (TPSA) is 93.3 Å². The summed E-state index contributed by atoms with van der Waals surface area (Å²) in [6, 6.07) is 0.00630. The molecule has 0 bridgehead atoms. The van der Waals surface area contributed by atoms with Crippen molar-refractivity contribution in [3.63, 3.8) is 0 Å². The first kappa shape index (κ1) is 14.7. The van der Waals surface area contributed by atoms with Crippen molar-refractivity contribution < 1.29 is 9.84 Å². The zero-order valence-corrected chi connectivity index (χ0v) is 11.2. The normalized spacial score (nSPS) is 12.7. The van der Waals surface area contributed by atoms with E-state index in [0.29, 0.717) is 24.7 Å². The molecule has 6 heteroatoms. The highest BCUT2D eigenvalue weighted by atomic mass is 16.5. The van der Waals surface area contributed by atoms with E-state index in [-0.39, 0.29) is 18.6 Å². The molecule has 1 atom stereocenters. The van der Waals surface area contributed by atoms with E-state index in [1.165, 1.54) is 6.33 Å². The molecule has 1 aromatic rings. The van der Waals surface area contributed by atoms with Gasteiger partial charge in [0.15, 0.2) is 0 Å². The minimum atomic E-state index is 0.00630. The van der Waals surface area contributed by atoms with Gasteiger partial charge in [-0.25, -0.2) is 9.97 Å². The first-order chi connectivity index (χ1) is 8.60. The Morgan fingerprint density at radius 2 is 2.17 bits per heavy atom. The van der Waals surface area contributed by atoms with E-state index in [9.17, 15) is 0 Å². The van der Waals surface area contributed by atoms with Crippen LogP contribution in [0.1, 0.15) is 31.7 Å². The van der Waals surface area contributed by atoms with Gasteiger partial charge in [-0.15, -0.1) is 0 Å². The minimum absolute atomic E-state index is 0.00630. The zero-order valence-electron chi connectivity index (χ0n) is 11.2. The van der Waals surface area contributed by atoms with Crippen molar-refractivity contribution in [2.75, 3.05) is 31.4 Å². The molecule has 0 saturated carbocycles. The Hall–Kier alpha value is -1.40. The van der Waals surface area contributed by atoms with Crippen molar-refractivity contribution in [2.45, 2.75) is 32.2 Å². The maximum absolute atomic E-state index is 9.02. The Balaban J connectivity index is 2.91. The average molecular weight is 254 g/mol. The smallest absolute Gasteiger partial charge is 0.135 e. The number of anilines is 2. The lowest BCUT2D eigenvalue weighted by Crippen LogP contribution is -2.27. The van der Waals surface area contributed by atoms with Crippen LogP contribution in [-0.4, -0.2) is 41.4 Å². The van der Waals surface area contributed by atoms with Gasteiger partial charge in [0.2, 0.25) is 0 Å². The molecule has 1 heterocycles. The third-order valence-corrected chi connectivity index (χ3v) is 2.68. The molecule has 1 unspecified atom stereocenters. The summed E-state index contributed by atoms with van der Waals surface area (Å²) < 4.78 is 5.11. The van der Waals surface area contributed by atoms with Crippen molar-refractivity contribution in [1.82, 2.24) is 9.97 Å². The van der Waals surface area contributed by atoms with Crippen LogP contribution >= 0.6 is 0 Å². The lowest BCUT2D eigenvalue weighted by molar-refractivity contribution is 0.170. The first-order valence-corrected chi connectivity index (χ1v) is 6.06. The summed E-state index contributed by atoms with van der Waals surface area (Å²) in [5, 5.41) is 12.3. The molecule has 0 spiro atoms. The molecular weight excluding hydrogens is 232 g/mol. The fourth-order valence-electron chi connectivity index (χ4n) is 1.84. The predicted octanol–water partition coefficient (Wildman–Crippen LogP) is 0.991. The summed E-state index contributed by atoms with van der Waals surface area (Å²) in [5.41, 5.74) is 6.77. The molecule has 1 rings (SSSR count). The number of nitrogens with zero attached hydrogens (tertiary/aromatic N) is 2. The van der Waals surface area contributed by atoms with Gasteiger partial charge >= 0.3 is 0 Å². The van der Waals surface area contributed by atoms with Gasteiger partial charge < -0.3 is 20.9 Å². The highest BCUT2D eigenvalue weighted by molar-refractivity contribution is 5.57. The molecule has 0 aliphatic heterocycles. The van der Waals surface area contributed by atoms with Crippen molar-refractivity contribution in [3.8, 4) is 0 Å². The fraction of sp³-hybridized carbons (Fsp3) is 0.667. The maximum atomic E-state index is 9.02. The average Bonchev–Trinajstić information content (AvgIpc) is 2.29. The van der Waals surface area contributed by atoms with Crippen LogP contribution in [0.2, 0.25) is 0 Å². The van der Waals surface area contributed by atoms with E-state index in [2.05, 4.69) is 15.3 Å². The van der Waals surface area contributed by atoms with Crippen LogP contribution < -0.4 is 11.1 Å². The third-order valence-electron chi connectivity index (χ3n) is 2.68. The number of ether oxygens (including phenoxy) is 1. The van der Waals surface area contributed by atoms with Gasteiger partial charge in [-0.3, -0.25) is 0 Å². The maximum Gasteiger partial charge on any atom is 0.135 e. The number of nitrogens with two attached hydrogens (primary N) is 1. The summed E-state index contributed by atoms with van der Waals surface area (Å²) in [6.07, 6.45) is 2.03. The monoisotopic (exact) mass is 254 g/mol. The van der Waals surface area contributed by atoms with Crippen LogP contribution in [0.4, 0.5) is 11.6 Å². The predicted molar refractivity (Wildman–Crippen MR) is 71.5 cm³/mol. The highest BCUT2D eigenvalue weighted by Crippen LogP contribution is 2.26. The lowest BCUT2D eigenvalue weighted by atomic mass is 10.0. The number of aliphatic hydroxyl groups is 1. The van der Waals surface area contributed by atoms with E-state index in [1.54, 1.807) is 7.11 Å². The van der Waals surface area contributed by atoms with Gasteiger partial charge in [0.05, 0.1) is 12.6 Å². The first-order valence-electron chi connectivity index (χ1n) is 6.06. The largest absolute Gasteiger partial charge is 0.396 e. The lowest BCUT2D eigenvalue weighted by Gasteiger charge is -2.21. The number of aliphatic hydroxyl groups excluding tert-OH is 1. The number of rotatable bonds is 7. The summed E-state index contributed by atoms with van der Waals surface area (Å²) in [5.74, 6) is 1.43. The molecule has 4 N–H and O–H groups in total. The van der Waals surface area contributed by atoms with Gasteiger partial charge in [0, 0.05) is 19.3 Å². The number of nitrogens with one attached hydrogen (secondary N) is 1. The summed E-state index contributed by atoms with van der Waals surface area (Å²) in [7, 11) is 1.63. The van der Waals surface area contributed by atoms with E-state index in [0.717, 1.165) is 5.56 Å². The van der Waals surface area contributed by atoms with Gasteiger partial charge in [-0.1, -0.05) is 13.8 Å². The zero-order chi connectivity index (χ0) is 13.5. The highest BCUT2D eigenvalue weighted by Gasteiger charge is 2.16. The van der Waals surface area contributed by atoms with E-state index < -0.39 is 0 Å². The van der Waals surface area contributed by atoms with E-state index in [4.69, 9.17) is 15.6 Å². The van der Waals surface area contributed by atoms with Crippen LogP contribution in [0.5, 0.6) is 0 Å². The molecule has 0 aromatic carbocycles. The van der Waals surface area contributed by atoms with E-state index >= 15 is 0 Å². The number of hydrogen-bond donors (Lipinski definition) is 3. The standard InChI is InChI=1S/C12H22N4O2/c1-8(2)10-11(13)14-7-15-12(10)16-9(4-5-17)6-18-3/h7-9,17H,4-6H2,1-3H3,(H3,13,14,15,16). The molecule has 0 saturated heterocycles. The van der Waals surface area contributed by atoms with Crippen molar-refractivity contribution in [1.29, 1.82) is 0 Å². The summed E-state index contributed by atoms with van der Waals surface area (Å²) in [4.78, 5) is 8.23. The summed E-state index contributed by atoms with van der Waals surface area (Å²) in [6.45, 7) is 4.68. The second-order valence-corrected chi connectivity index (χ2v) is 4.48. The van der Waals surface area contributed by atoms with Crippen molar-refractivity contribution >= 4 is 11.6 Å². The molecule has 0 aliphatic carbocycles. The fourth-order valence-corrected chi connectivity index (χ4v) is 1.84. The van der Waals surface area contributed by atoms with Crippen LogP contribution in [-0.2, 0) is 4.74 Å². The molecule has 102 valence electrons. The SMILES string of the molecule is COCC(CCO)Nc1ncnc(N)c1C(C)C. The van der Waals surface area contributed by atoms with Crippen LogP contribution in [0.25, 0.3) is 0 Å². The molecule has 0 aliphatic rings. The van der Waals surface area contributed by atoms with Gasteiger partial charge in [-0.05, 0) is 12.3 Å². The van der Waals surface area contributed by atoms with Crippen LogP contribution in [0, 0.1) is 0 Å². The molecule has 0 radical (unpaired) electrons. The number of hydrogen-bond acceptors (Lipinski definition) is 6. The van der Waals surface area contributed by atoms with Gasteiger partial charge in [0.25, 0.3) is 0 Å². The van der Waals surface area contributed by atoms with Crippen molar-refractivity contribution in [3.05, 3.63) is 11.9 Å². The minimum Gasteiger partial charge on any atom is -0.396 e. The van der Waals surface area contributed by atoms with Crippen LogP contribution in [0.15, 0.2) is 6.33 Å². The van der Waals surface area contributed by atoms with Gasteiger partial charge in [-0.2, -0.15) is 0 Å². The third kappa shape index (κ3) is 3.82. The Bertz CT molecular complexity index is 365. The second-order valence-electron chi connectivity index (χ2n) is 4.48. The van der Waals surface area contributed by atoms with Crippen LogP contribution in [0.3, 0.4) is 0 Å². The molecule has 1 aromatic heterocycles. The Labute approximate surface area is 108 Å². The van der Waals surface area contributed by atoms with Gasteiger partial charge in [0.1, 0.15) is 18.0 Å². The Morgan fingerprint density at radius 3 is 2.72 bits per heavy atom. The molecular formula is C12H22N4O2. The Morgan fingerprint density at radius 1 is 1.44 bits per heavy atom. The second kappa shape index (κ2) is 7.13. The van der Waals surface area contributed by atoms with E-state index in [1.807, 2.05) is 13.8 Å². The number of nitrogen functional groups attached to an aromatic ring is 1. The molecule has 18 heavy (non-hydrogen) atoms. The number of methoxy groups -OCH3 is 1. The Kier molecular flexibility index (Phi) is 5.80. The molecule has 6 nitrogen and oxygen atoms in total. The quantitative estimate of drug-likeness (QED) is 0.672. The molecule has 0 fully saturated rings. The number of aromatic nitrogens is 2. The van der Waals surface area contributed by atoms with Crippen molar-refractivity contribution in [2.24, 2.45) is 0 Å². The summed E-state index contributed by atoms with van der Waals surface area (Å²) >= 11 is 0. The molecule has 0 amide bonds.